The quantitative estimate of drug-likeness (QED) is 0.798. The summed E-state index contributed by atoms with van der Waals surface area (Å²) >= 11 is 3.47. The van der Waals surface area contributed by atoms with E-state index in [1.165, 1.54) is 10.5 Å². The first-order valence-electron chi connectivity index (χ1n) is 7.28. The number of nitrogens with zero attached hydrogens (tertiary/aromatic N) is 3. The number of morpholine rings is 1. The lowest BCUT2D eigenvalue weighted by atomic mass is 10.3. The molecular formula is C13H19BrN4O3S. The molecule has 1 N–H and O–H groups in total. The monoisotopic (exact) mass is 390 g/mol. The average molecular weight is 391 g/mol. The molecule has 0 aromatic carbocycles. The smallest absolute Gasteiger partial charge is 0.246 e. The molecule has 7 nitrogen and oxygen atoms in total. The Hall–Kier alpha value is -0.740. The number of hydrogen-bond acceptors (Lipinski definition) is 6. The summed E-state index contributed by atoms with van der Waals surface area (Å²) in [5.74, 6) is 0. The fraction of sp³-hybridized carbons (Fsp3) is 0.615. The van der Waals surface area contributed by atoms with Crippen molar-refractivity contribution in [2.75, 3.05) is 57.4 Å². The number of sulfonamides is 1. The van der Waals surface area contributed by atoms with E-state index in [0.29, 0.717) is 36.5 Å². The van der Waals surface area contributed by atoms with Gasteiger partial charge in [-0.2, -0.15) is 4.31 Å². The standard InChI is InChI=1S/C13H19BrN4O3S/c14-11-9-16-10-12(13(11)17-3-1-15-2-4-17)22(19,20)18-5-7-21-8-6-18/h9-10,15H,1-8H2. The van der Waals surface area contributed by atoms with Gasteiger partial charge in [0.25, 0.3) is 0 Å². The molecular weight excluding hydrogens is 372 g/mol. The molecule has 0 amide bonds. The molecule has 0 atom stereocenters. The lowest BCUT2D eigenvalue weighted by molar-refractivity contribution is 0.0730. The second-order valence-electron chi connectivity index (χ2n) is 5.22. The molecule has 1 aromatic heterocycles. The molecule has 0 unspecified atom stereocenters. The van der Waals surface area contributed by atoms with E-state index in [0.717, 1.165) is 26.2 Å². The van der Waals surface area contributed by atoms with E-state index in [4.69, 9.17) is 4.74 Å². The number of hydrogen-bond donors (Lipinski definition) is 1. The zero-order valence-corrected chi connectivity index (χ0v) is 14.6. The van der Waals surface area contributed by atoms with Crippen LogP contribution in [0, 0.1) is 0 Å². The summed E-state index contributed by atoms with van der Waals surface area (Å²) < 4.78 is 33.4. The number of piperazine rings is 1. The van der Waals surface area contributed by atoms with Crippen molar-refractivity contribution in [2.45, 2.75) is 4.90 Å². The molecule has 2 saturated heterocycles. The fourth-order valence-corrected chi connectivity index (χ4v) is 5.02. The van der Waals surface area contributed by atoms with Gasteiger partial charge in [0.1, 0.15) is 4.90 Å². The molecule has 3 heterocycles. The maximum atomic E-state index is 13.0. The minimum absolute atomic E-state index is 0.269. The number of pyridine rings is 1. The largest absolute Gasteiger partial charge is 0.379 e. The molecule has 0 bridgehead atoms. The van der Waals surface area contributed by atoms with Gasteiger partial charge in [-0.15, -0.1) is 0 Å². The molecule has 2 fully saturated rings. The lowest BCUT2D eigenvalue weighted by Gasteiger charge is -2.33. The third-order valence-electron chi connectivity index (χ3n) is 3.86. The summed E-state index contributed by atoms with van der Waals surface area (Å²) in [5.41, 5.74) is 0.711. The zero-order valence-electron chi connectivity index (χ0n) is 12.2. The second kappa shape index (κ2) is 6.79. The third kappa shape index (κ3) is 3.13. The summed E-state index contributed by atoms with van der Waals surface area (Å²) in [4.78, 5) is 6.44. The van der Waals surface area contributed by atoms with Crippen molar-refractivity contribution in [3.8, 4) is 0 Å². The van der Waals surface area contributed by atoms with Gasteiger partial charge in [-0.05, 0) is 15.9 Å². The highest BCUT2D eigenvalue weighted by Gasteiger charge is 2.31. The van der Waals surface area contributed by atoms with Crippen molar-refractivity contribution in [3.63, 3.8) is 0 Å². The highest BCUT2D eigenvalue weighted by atomic mass is 79.9. The number of halogens is 1. The summed E-state index contributed by atoms with van der Waals surface area (Å²) in [6.07, 6.45) is 3.10. The number of nitrogens with one attached hydrogen (secondary N) is 1. The lowest BCUT2D eigenvalue weighted by Crippen LogP contribution is -2.45. The van der Waals surface area contributed by atoms with Crippen LogP contribution in [0.15, 0.2) is 21.8 Å². The van der Waals surface area contributed by atoms with Crippen LogP contribution in [0.25, 0.3) is 0 Å². The van der Waals surface area contributed by atoms with Crippen LogP contribution in [0.2, 0.25) is 0 Å². The summed E-state index contributed by atoms with van der Waals surface area (Å²) in [7, 11) is -3.57. The van der Waals surface area contributed by atoms with Gasteiger partial charge in [-0.25, -0.2) is 8.42 Å². The van der Waals surface area contributed by atoms with Crippen LogP contribution in [0.3, 0.4) is 0 Å². The third-order valence-corrected chi connectivity index (χ3v) is 6.34. The Kier molecular flexibility index (Phi) is 4.98. The van der Waals surface area contributed by atoms with E-state index >= 15 is 0 Å². The number of rotatable bonds is 3. The number of aromatic nitrogens is 1. The van der Waals surface area contributed by atoms with E-state index in [1.807, 2.05) is 0 Å². The van der Waals surface area contributed by atoms with Crippen molar-refractivity contribution in [2.24, 2.45) is 0 Å². The average Bonchev–Trinajstić information content (AvgIpc) is 2.56. The summed E-state index contributed by atoms with van der Waals surface area (Å²) in [5, 5.41) is 3.28. The van der Waals surface area contributed by atoms with Gasteiger partial charge in [0, 0.05) is 51.7 Å². The van der Waals surface area contributed by atoms with Crippen molar-refractivity contribution >= 4 is 31.6 Å². The van der Waals surface area contributed by atoms with E-state index in [-0.39, 0.29) is 4.90 Å². The van der Waals surface area contributed by atoms with Gasteiger partial charge in [-0.3, -0.25) is 4.98 Å². The predicted molar refractivity (Wildman–Crippen MR) is 86.6 cm³/mol. The van der Waals surface area contributed by atoms with Crippen LogP contribution >= 0.6 is 15.9 Å². The van der Waals surface area contributed by atoms with E-state index in [9.17, 15) is 8.42 Å². The maximum absolute atomic E-state index is 13.0. The van der Waals surface area contributed by atoms with Gasteiger partial charge in [-0.1, -0.05) is 0 Å². The van der Waals surface area contributed by atoms with Crippen LogP contribution < -0.4 is 10.2 Å². The Morgan fingerprint density at radius 3 is 2.50 bits per heavy atom. The minimum atomic E-state index is -3.57. The van der Waals surface area contributed by atoms with Crippen molar-refractivity contribution in [1.82, 2.24) is 14.6 Å². The first-order valence-corrected chi connectivity index (χ1v) is 9.51. The van der Waals surface area contributed by atoms with E-state index < -0.39 is 10.0 Å². The minimum Gasteiger partial charge on any atom is -0.379 e. The van der Waals surface area contributed by atoms with Gasteiger partial charge < -0.3 is 15.0 Å². The Labute approximate surface area is 138 Å². The molecule has 0 spiro atoms. The Bertz CT molecular complexity index is 628. The zero-order chi connectivity index (χ0) is 15.6. The number of anilines is 1. The van der Waals surface area contributed by atoms with Crippen LogP contribution in [0.1, 0.15) is 0 Å². The van der Waals surface area contributed by atoms with E-state index in [2.05, 4.69) is 31.1 Å². The second-order valence-corrected chi connectivity index (χ2v) is 7.98. The van der Waals surface area contributed by atoms with E-state index in [1.54, 1.807) is 6.20 Å². The van der Waals surface area contributed by atoms with Gasteiger partial charge >= 0.3 is 0 Å². The predicted octanol–water partition coefficient (Wildman–Crippen LogP) is 0.275. The number of ether oxygens (including phenoxy) is 1. The molecule has 3 rings (SSSR count). The topological polar surface area (TPSA) is 74.8 Å². The molecule has 0 aliphatic carbocycles. The van der Waals surface area contributed by atoms with Crippen molar-refractivity contribution < 1.29 is 13.2 Å². The highest BCUT2D eigenvalue weighted by Crippen LogP contribution is 2.34. The molecule has 1 aromatic rings. The Morgan fingerprint density at radius 2 is 1.82 bits per heavy atom. The Balaban J connectivity index is 2.00. The summed E-state index contributed by atoms with van der Waals surface area (Å²) in [6, 6.07) is 0. The van der Waals surface area contributed by atoms with Crippen LogP contribution in [0.4, 0.5) is 5.69 Å². The van der Waals surface area contributed by atoms with Crippen molar-refractivity contribution in [3.05, 3.63) is 16.9 Å². The molecule has 9 heteroatoms. The highest BCUT2D eigenvalue weighted by molar-refractivity contribution is 9.10. The van der Waals surface area contributed by atoms with Crippen LogP contribution in [-0.4, -0.2) is 70.2 Å². The van der Waals surface area contributed by atoms with Gasteiger partial charge in [0.15, 0.2) is 0 Å². The molecule has 2 aliphatic heterocycles. The Morgan fingerprint density at radius 1 is 1.14 bits per heavy atom. The first kappa shape index (κ1) is 16.1. The summed E-state index contributed by atoms with van der Waals surface area (Å²) in [6.45, 7) is 4.86. The van der Waals surface area contributed by atoms with Crippen LogP contribution in [0.5, 0.6) is 0 Å². The van der Waals surface area contributed by atoms with Crippen molar-refractivity contribution in [1.29, 1.82) is 0 Å². The fourth-order valence-electron chi connectivity index (χ4n) is 2.72. The molecule has 0 saturated carbocycles. The molecule has 22 heavy (non-hydrogen) atoms. The molecule has 122 valence electrons. The normalized spacial score (nSPS) is 21.0. The SMILES string of the molecule is O=S(=O)(c1cncc(Br)c1N1CCNCC1)N1CCOCC1. The van der Waals surface area contributed by atoms with Crippen LogP contribution in [-0.2, 0) is 14.8 Å². The van der Waals surface area contributed by atoms with Gasteiger partial charge in [0.05, 0.1) is 23.4 Å². The van der Waals surface area contributed by atoms with Gasteiger partial charge in [0.2, 0.25) is 10.0 Å². The molecule has 2 aliphatic rings. The molecule has 0 radical (unpaired) electrons. The first-order chi connectivity index (χ1) is 10.6. The maximum Gasteiger partial charge on any atom is 0.246 e.